The topological polar surface area (TPSA) is 113 Å². The molecule has 6 rings (SSSR count). The maximum atomic E-state index is 13.8. The largest absolute Gasteiger partial charge is 0.475 e. The average Bonchev–Trinajstić information content (AvgIpc) is 3.42. The minimum absolute atomic E-state index is 0.00721. The molecule has 11 nitrogen and oxygen atoms in total. The number of hydrogen-bond donors (Lipinski definition) is 2. The van der Waals surface area contributed by atoms with Gasteiger partial charge in [-0.3, -0.25) is 25.1 Å². The smallest absolute Gasteiger partial charge is 0.271 e. The van der Waals surface area contributed by atoms with Crippen LogP contribution in [0, 0.1) is 17.2 Å². The Labute approximate surface area is 248 Å². The van der Waals surface area contributed by atoms with Crippen molar-refractivity contribution < 1.29 is 19.1 Å². The van der Waals surface area contributed by atoms with Crippen LogP contribution in [0.3, 0.4) is 0 Å². The molecule has 4 unspecified atom stereocenters. The molecule has 4 fully saturated rings. The van der Waals surface area contributed by atoms with Gasteiger partial charge in [-0.2, -0.15) is 5.26 Å². The molecular weight excluding hydrogens is 534 g/mol. The number of likely N-dealkylation sites (N-methyl/N-ethyl adjacent to an activating group) is 2. The van der Waals surface area contributed by atoms with Gasteiger partial charge in [0.25, 0.3) is 5.91 Å². The van der Waals surface area contributed by atoms with E-state index in [1.807, 2.05) is 31.3 Å². The third-order valence-electron chi connectivity index (χ3n) is 10.1. The summed E-state index contributed by atoms with van der Waals surface area (Å²) < 4.78 is 13.0. The summed E-state index contributed by atoms with van der Waals surface area (Å²) in [7, 11) is 3.98. The lowest BCUT2D eigenvalue weighted by Crippen LogP contribution is -2.74. The van der Waals surface area contributed by atoms with Gasteiger partial charge in [-0.15, -0.1) is 0 Å². The molecule has 1 aromatic rings. The fourth-order valence-electron chi connectivity index (χ4n) is 7.76. The van der Waals surface area contributed by atoms with Crippen LogP contribution >= 0.6 is 0 Å². The van der Waals surface area contributed by atoms with Gasteiger partial charge in [-0.1, -0.05) is 18.7 Å². The lowest BCUT2D eigenvalue weighted by atomic mass is 9.71. The predicted molar refractivity (Wildman–Crippen MR) is 157 cm³/mol. The van der Waals surface area contributed by atoms with Crippen LogP contribution in [0.2, 0.25) is 0 Å². The maximum Gasteiger partial charge on any atom is 0.271 e. The number of nitriles is 1. The van der Waals surface area contributed by atoms with Gasteiger partial charge in [-0.25, -0.2) is 0 Å². The number of amides is 2. The number of likely N-dealkylation sites (tertiary alicyclic amines) is 1. The first-order valence-electron chi connectivity index (χ1n) is 15.3. The number of para-hydroxylation sites is 2. The number of benzene rings is 1. The van der Waals surface area contributed by atoms with Crippen LogP contribution in [0.4, 0.5) is 5.69 Å². The second-order valence-corrected chi connectivity index (χ2v) is 12.5. The van der Waals surface area contributed by atoms with E-state index in [0.29, 0.717) is 45.1 Å². The van der Waals surface area contributed by atoms with Crippen LogP contribution in [-0.4, -0.2) is 110 Å². The highest BCUT2D eigenvalue weighted by Crippen LogP contribution is 2.46. The van der Waals surface area contributed by atoms with Gasteiger partial charge in [0.2, 0.25) is 5.91 Å². The number of carbonyl (C=O) groups excluding carboxylic acids is 2. The Morgan fingerprint density at radius 3 is 2.81 bits per heavy atom. The Balaban J connectivity index is 1.24. The second-order valence-electron chi connectivity index (χ2n) is 12.5. The van der Waals surface area contributed by atoms with Crippen molar-refractivity contribution in [2.24, 2.45) is 5.92 Å². The molecule has 4 aliphatic heterocycles. The number of carbonyl (C=O) groups is 2. The summed E-state index contributed by atoms with van der Waals surface area (Å²) in [5.74, 6) is 0.785. The van der Waals surface area contributed by atoms with Crippen LogP contribution in [0.15, 0.2) is 36.9 Å². The number of rotatable bonds is 6. The van der Waals surface area contributed by atoms with E-state index in [-0.39, 0.29) is 42.4 Å². The number of nitrogens with zero attached hydrogens (tertiary/aromatic N) is 5. The SMILES string of the molecule is C=CC(=O)N1CCN(C2NC(OC[C@@H]3CCCN3C)NC3C[C@@]4(CCC32)Oc2ccccc2N(C)C4=O)C[C@@H]1CC#N. The maximum absolute atomic E-state index is 13.8. The van der Waals surface area contributed by atoms with E-state index in [4.69, 9.17) is 9.47 Å². The molecule has 2 N–H and O–H groups in total. The zero-order valence-electron chi connectivity index (χ0n) is 24.7. The molecule has 1 aliphatic carbocycles. The van der Waals surface area contributed by atoms with E-state index in [9.17, 15) is 14.9 Å². The Bertz CT molecular complexity index is 1240. The minimum Gasteiger partial charge on any atom is -0.475 e. The Kier molecular flexibility index (Phi) is 8.26. The molecule has 1 spiro atoms. The van der Waals surface area contributed by atoms with Crippen molar-refractivity contribution in [1.82, 2.24) is 25.3 Å². The monoisotopic (exact) mass is 577 g/mol. The Morgan fingerprint density at radius 1 is 1.21 bits per heavy atom. The number of piperazine rings is 1. The van der Waals surface area contributed by atoms with Crippen LogP contribution in [0.1, 0.15) is 38.5 Å². The quantitative estimate of drug-likeness (QED) is 0.486. The third-order valence-corrected chi connectivity index (χ3v) is 10.1. The fourth-order valence-corrected chi connectivity index (χ4v) is 7.76. The van der Waals surface area contributed by atoms with E-state index < -0.39 is 12.0 Å². The van der Waals surface area contributed by atoms with E-state index in [1.54, 1.807) is 9.80 Å². The van der Waals surface area contributed by atoms with Gasteiger partial charge < -0.3 is 24.2 Å². The van der Waals surface area contributed by atoms with Gasteiger partial charge in [0.1, 0.15) is 5.75 Å². The van der Waals surface area contributed by atoms with Gasteiger partial charge in [-0.05, 0) is 57.5 Å². The van der Waals surface area contributed by atoms with Crippen molar-refractivity contribution in [2.75, 3.05) is 51.8 Å². The zero-order valence-corrected chi connectivity index (χ0v) is 24.7. The van der Waals surface area contributed by atoms with Crippen LogP contribution in [0.5, 0.6) is 5.75 Å². The lowest BCUT2D eigenvalue weighted by Gasteiger charge is -2.55. The number of nitrogens with one attached hydrogen (secondary N) is 2. The molecule has 0 bridgehead atoms. The molecule has 0 radical (unpaired) electrons. The number of fused-ring (bicyclic) bond motifs is 2. The summed E-state index contributed by atoms with van der Waals surface area (Å²) in [6, 6.07) is 10.1. The van der Waals surface area contributed by atoms with Crippen molar-refractivity contribution in [2.45, 2.75) is 74.8 Å². The molecule has 1 aromatic carbocycles. The Morgan fingerprint density at radius 2 is 2.05 bits per heavy atom. The van der Waals surface area contributed by atoms with Crippen molar-refractivity contribution in [3.05, 3.63) is 36.9 Å². The highest BCUT2D eigenvalue weighted by atomic mass is 16.5. The second kappa shape index (κ2) is 11.9. The molecule has 5 aliphatic rings. The number of hydrogen-bond acceptors (Lipinski definition) is 9. The predicted octanol–water partition coefficient (Wildman–Crippen LogP) is 1.48. The first-order chi connectivity index (χ1) is 20.3. The summed E-state index contributed by atoms with van der Waals surface area (Å²) in [6.07, 6.45) is 5.38. The van der Waals surface area contributed by atoms with Gasteiger partial charge in [0.15, 0.2) is 12.0 Å². The standard InChI is InChI=1S/C31H43N7O4/c1-4-27(39)38-17-16-37(19-21(38)12-14-32)28-23-11-13-31(29(40)36(3)25-9-5-6-10-26(25)42-31)18-24(23)33-30(34-28)41-20-22-8-7-15-35(22)2/h4-6,9-10,21-24,28,30,33-34H,1,7-8,11-13,15-20H2,2-3H3/t21-,22-,23?,24?,28?,30?,31+/m0/s1. The van der Waals surface area contributed by atoms with Crippen molar-refractivity contribution in [1.29, 1.82) is 5.26 Å². The van der Waals surface area contributed by atoms with E-state index in [1.165, 1.54) is 12.5 Å². The van der Waals surface area contributed by atoms with Crippen LogP contribution < -0.4 is 20.3 Å². The summed E-state index contributed by atoms with van der Waals surface area (Å²) in [4.78, 5) is 34.6. The molecule has 7 atom stereocenters. The summed E-state index contributed by atoms with van der Waals surface area (Å²) >= 11 is 0. The van der Waals surface area contributed by atoms with E-state index >= 15 is 0 Å². The summed E-state index contributed by atoms with van der Waals surface area (Å²) in [5, 5.41) is 17.0. The molecule has 42 heavy (non-hydrogen) atoms. The first-order valence-corrected chi connectivity index (χ1v) is 15.3. The minimum atomic E-state index is -0.937. The molecule has 2 amide bonds. The normalized spacial score (nSPS) is 35.3. The molecular formula is C31H43N7O4. The highest BCUT2D eigenvalue weighted by Gasteiger charge is 2.56. The molecule has 11 heteroatoms. The van der Waals surface area contributed by atoms with Crippen LogP contribution in [-0.2, 0) is 14.3 Å². The molecule has 3 saturated heterocycles. The Hall–Kier alpha value is -3.01. The molecule has 4 heterocycles. The lowest BCUT2D eigenvalue weighted by molar-refractivity contribution is -0.151. The molecule has 0 aromatic heterocycles. The number of anilines is 1. The summed E-state index contributed by atoms with van der Waals surface area (Å²) in [6.45, 7) is 7.15. The van der Waals surface area contributed by atoms with Crippen molar-refractivity contribution in [3.63, 3.8) is 0 Å². The van der Waals surface area contributed by atoms with Gasteiger partial charge >= 0.3 is 0 Å². The van der Waals surface area contributed by atoms with Gasteiger partial charge in [0.05, 0.1) is 37.0 Å². The highest BCUT2D eigenvalue weighted by molar-refractivity contribution is 6.02. The van der Waals surface area contributed by atoms with E-state index in [0.717, 1.165) is 30.8 Å². The average molecular weight is 578 g/mol. The summed E-state index contributed by atoms with van der Waals surface area (Å²) in [5.41, 5.74) is -0.142. The molecule has 226 valence electrons. The van der Waals surface area contributed by atoms with Crippen LogP contribution in [0.25, 0.3) is 0 Å². The van der Waals surface area contributed by atoms with Crippen molar-refractivity contribution in [3.8, 4) is 11.8 Å². The third kappa shape index (κ3) is 5.31. The first kappa shape index (κ1) is 29.1. The van der Waals surface area contributed by atoms with Crippen molar-refractivity contribution >= 4 is 17.5 Å². The molecule has 1 saturated carbocycles. The number of ether oxygens (including phenoxy) is 2. The van der Waals surface area contributed by atoms with E-state index in [2.05, 4.69) is 40.1 Å². The fraction of sp³-hybridized carbons (Fsp3) is 0.645. The zero-order chi connectivity index (χ0) is 29.4. The van der Waals surface area contributed by atoms with Gasteiger partial charge in [0, 0.05) is 51.1 Å².